The molecule has 0 amide bonds. The van der Waals surface area contributed by atoms with Crippen molar-refractivity contribution in [3.63, 3.8) is 0 Å². The van der Waals surface area contributed by atoms with E-state index in [-0.39, 0.29) is 17.1 Å². The predicted molar refractivity (Wildman–Crippen MR) is 109 cm³/mol. The SMILES string of the molecule is CN(C)C1CCC2(C)C(CCC3C4CC=C(OS(=O)(=O)C(F)(F)F)C4(C)CCC32)C1. The van der Waals surface area contributed by atoms with Gasteiger partial charge in [-0.25, -0.2) is 0 Å². The Hall–Kier alpha value is -0.760. The van der Waals surface area contributed by atoms with Gasteiger partial charge in [0.1, 0.15) is 5.76 Å². The van der Waals surface area contributed by atoms with Gasteiger partial charge in [-0.2, -0.15) is 21.6 Å². The molecule has 0 saturated heterocycles. The maximum absolute atomic E-state index is 12.9. The number of rotatable bonds is 3. The molecule has 8 heteroatoms. The van der Waals surface area contributed by atoms with E-state index in [1.807, 2.05) is 6.92 Å². The van der Waals surface area contributed by atoms with Crippen molar-refractivity contribution in [2.24, 2.45) is 34.5 Å². The largest absolute Gasteiger partial charge is 0.534 e. The fraction of sp³-hybridized carbons (Fsp3) is 0.909. The standard InChI is InChI=1S/C22H34F3NO3S/c1-20-11-9-15(26(3)4)13-14(20)5-6-16-17-7-8-19(21(17,2)12-10-18(16)20)29-30(27,28)22(23,24)25/h8,14-18H,5-7,9-13H2,1-4H3. The molecule has 172 valence electrons. The van der Waals surface area contributed by atoms with Gasteiger partial charge in [0.2, 0.25) is 0 Å². The molecule has 0 aromatic heterocycles. The second kappa shape index (κ2) is 7.12. The topological polar surface area (TPSA) is 46.6 Å². The first kappa shape index (κ1) is 22.4. The summed E-state index contributed by atoms with van der Waals surface area (Å²) in [7, 11) is -1.30. The van der Waals surface area contributed by atoms with Crippen LogP contribution < -0.4 is 0 Å². The Labute approximate surface area is 178 Å². The Morgan fingerprint density at radius 1 is 1.07 bits per heavy atom. The fourth-order valence-electron chi connectivity index (χ4n) is 7.53. The number of hydrogen-bond acceptors (Lipinski definition) is 4. The van der Waals surface area contributed by atoms with Crippen LogP contribution in [0.1, 0.15) is 65.2 Å². The van der Waals surface area contributed by atoms with Crippen molar-refractivity contribution in [3.8, 4) is 0 Å². The summed E-state index contributed by atoms with van der Waals surface area (Å²) in [4.78, 5) is 2.34. The zero-order chi connectivity index (χ0) is 22.1. The molecule has 4 aliphatic carbocycles. The normalized spacial score (nSPS) is 44.1. The first-order valence-electron chi connectivity index (χ1n) is 11.2. The highest BCUT2D eigenvalue weighted by Crippen LogP contribution is 2.66. The minimum Gasteiger partial charge on any atom is -0.380 e. The number of nitrogens with zero attached hydrogens (tertiary/aromatic N) is 1. The van der Waals surface area contributed by atoms with Crippen molar-refractivity contribution in [2.75, 3.05) is 14.1 Å². The van der Waals surface area contributed by atoms with Gasteiger partial charge in [0.05, 0.1) is 0 Å². The summed E-state index contributed by atoms with van der Waals surface area (Å²) in [5, 5.41) is 0. The van der Waals surface area contributed by atoms with Crippen molar-refractivity contribution in [2.45, 2.75) is 76.8 Å². The third-order valence-electron chi connectivity index (χ3n) is 9.36. The quantitative estimate of drug-likeness (QED) is 0.432. The van der Waals surface area contributed by atoms with E-state index >= 15 is 0 Å². The molecule has 30 heavy (non-hydrogen) atoms. The van der Waals surface area contributed by atoms with E-state index in [2.05, 4.69) is 25.9 Å². The second-order valence-corrected chi connectivity index (χ2v) is 12.3. The predicted octanol–water partition coefficient (Wildman–Crippen LogP) is 5.32. The van der Waals surface area contributed by atoms with Gasteiger partial charge >= 0.3 is 15.6 Å². The summed E-state index contributed by atoms with van der Waals surface area (Å²) >= 11 is 0. The first-order valence-corrected chi connectivity index (χ1v) is 12.6. The molecule has 0 spiro atoms. The van der Waals surface area contributed by atoms with Crippen LogP contribution in [0.2, 0.25) is 0 Å². The van der Waals surface area contributed by atoms with Crippen LogP contribution in [0.4, 0.5) is 13.2 Å². The zero-order valence-corrected chi connectivity index (χ0v) is 19.2. The lowest BCUT2D eigenvalue weighted by molar-refractivity contribution is -0.113. The van der Waals surface area contributed by atoms with Gasteiger partial charge in [-0.1, -0.05) is 13.8 Å². The summed E-state index contributed by atoms with van der Waals surface area (Å²) in [6.45, 7) is 4.35. The molecule has 3 saturated carbocycles. The average Bonchev–Trinajstić information content (AvgIpc) is 2.96. The summed E-state index contributed by atoms with van der Waals surface area (Å²) in [5.41, 5.74) is -5.74. The third-order valence-corrected chi connectivity index (χ3v) is 10.3. The number of alkyl halides is 3. The lowest BCUT2D eigenvalue weighted by Crippen LogP contribution is -2.54. The van der Waals surface area contributed by atoms with Gasteiger partial charge in [0, 0.05) is 11.5 Å². The number of halogens is 3. The Bertz CT molecular complexity index is 824. The molecule has 3 fully saturated rings. The van der Waals surface area contributed by atoms with Crippen molar-refractivity contribution < 1.29 is 25.8 Å². The highest BCUT2D eigenvalue weighted by molar-refractivity contribution is 7.87. The van der Waals surface area contributed by atoms with E-state index in [1.165, 1.54) is 19.3 Å². The maximum Gasteiger partial charge on any atom is 0.534 e. The average molecular weight is 450 g/mol. The van der Waals surface area contributed by atoms with E-state index in [1.54, 1.807) is 6.08 Å². The smallest absolute Gasteiger partial charge is 0.380 e. The van der Waals surface area contributed by atoms with Crippen molar-refractivity contribution in [3.05, 3.63) is 11.8 Å². The van der Waals surface area contributed by atoms with E-state index in [0.29, 0.717) is 36.6 Å². The van der Waals surface area contributed by atoms with E-state index in [0.717, 1.165) is 19.3 Å². The molecule has 4 nitrogen and oxygen atoms in total. The third kappa shape index (κ3) is 3.31. The molecule has 4 aliphatic rings. The van der Waals surface area contributed by atoms with Crippen LogP contribution in [-0.2, 0) is 14.3 Å². The Balaban J connectivity index is 1.54. The van der Waals surface area contributed by atoms with Gasteiger partial charge in [-0.05, 0) is 101 Å². The summed E-state index contributed by atoms with van der Waals surface area (Å²) in [6, 6.07) is 0.634. The van der Waals surface area contributed by atoms with Crippen molar-refractivity contribution >= 4 is 10.1 Å². The molecular weight excluding hydrogens is 415 g/mol. The van der Waals surface area contributed by atoms with Crippen LogP contribution in [0.5, 0.6) is 0 Å². The van der Waals surface area contributed by atoms with Gasteiger partial charge in [0.25, 0.3) is 0 Å². The lowest BCUT2D eigenvalue weighted by atomic mass is 9.45. The van der Waals surface area contributed by atoms with Gasteiger partial charge in [-0.15, -0.1) is 0 Å². The second-order valence-electron chi connectivity index (χ2n) is 10.8. The van der Waals surface area contributed by atoms with E-state index < -0.39 is 21.0 Å². The molecule has 0 aromatic rings. The molecule has 4 rings (SSSR count). The number of allylic oxidation sites excluding steroid dienone is 2. The first-order chi connectivity index (χ1) is 13.8. The van der Waals surface area contributed by atoms with Crippen LogP contribution in [-0.4, -0.2) is 39.0 Å². The lowest BCUT2D eigenvalue weighted by Gasteiger charge is -2.61. The highest BCUT2D eigenvalue weighted by atomic mass is 32.2. The van der Waals surface area contributed by atoms with E-state index in [4.69, 9.17) is 4.18 Å². The number of fused-ring (bicyclic) bond motifs is 5. The fourth-order valence-corrected chi connectivity index (χ4v) is 8.12. The van der Waals surface area contributed by atoms with E-state index in [9.17, 15) is 21.6 Å². The van der Waals surface area contributed by atoms with Crippen LogP contribution in [0.25, 0.3) is 0 Å². The molecule has 7 atom stereocenters. The van der Waals surface area contributed by atoms with Crippen LogP contribution in [0.3, 0.4) is 0 Å². The molecule has 0 aliphatic heterocycles. The molecule has 0 aromatic carbocycles. The minimum absolute atomic E-state index is 0.0202. The van der Waals surface area contributed by atoms with Gasteiger partial charge in [0.15, 0.2) is 0 Å². The van der Waals surface area contributed by atoms with Gasteiger partial charge in [-0.3, -0.25) is 0 Å². The molecular formula is C22H34F3NO3S. The van der Waals surface area contributed by atoms with Crippen molar-refractivity contribution in [1.82, 2.24) is 4.90 Å². The number of hydrogen-bond donors (Lipinski definition) is 0. The molecule has 0 N–H and O–H groups in total. The molecule has 0 heterocycles. The van der Waals surface area contributed by atoms with Crippen molar-refractivity contribution in [1.29, 1.82) is 0 Å². The minimum atomic E-state index is -5.62. The Morgan fingerprint density at radius 3 is 2.40 bits per heavy atom. The summed E-state index contributed by atoms with van der Waals surface area (Å²) in [6.07, 6.45) is 9.72. The molecule has 0 radical (unpaired) electrons. The van der Waals surface area contributed by atoms with Crippen LogP contribution in [0, 0.1) is 34.5 Å². The van der Waals surface area contributed by atoms with Crippen LogP contribution >= 0.6 is 0 Å². The highest BCUT2D eigenvalue weighted by Gasteiger charge is 2.60. The Kier molecular flexibility index (Phi) is 5.33. The van der Waals surface area contributed by atoms with Crippen LogP contribution in [0.15, 0.2) is 11.8 Å². The van der Waals surface area contributed by atoms with Gasteiger partial charge < -0.3 is 9.08 Å². The zero-order valence-electron chi connectivity index (χ0n) is 18.3. The monoisotopic (exact) mass is 449 g/mol. The molecule has 0 bridgehead atoms. The summed E-state index contributed by atoms with van der Waals surface area (Å²) < 4.78 is 66.6. The molecule has 7 unspecified atom stereocenters. The maximum atomic E-state index is 12.9. The Morgan fingerprint density at radius 2 is 1.77 bits per heavy atom. The summed E-state index contributed by atoms with van der Waals surface area (Å²) in [5.74, 6) is 1.86.